The van der Waals surface area contributed by atoms with Gasteiger partial charge in [0.2, 0.25) is 0 Å². The first-order valence-corrected chi connectivity index (χ1v) is 10.1. The number of hydrogen-bond acceptors (Lipinski definition) is 4. The van der Waals surface area contributed by atoms with Gasteiger partial charge in [-0.2, -0.15) is 26.3 Å². The number of carbonyl (C=O) groups is 1. The van der Waals surface area contributed by atoms with Crippen LogP contribution in [0.25, 0.3) is 11.3 Å². The summed E-state index contributed by atoms with van der Waals surface area (Å²) in [5.41, 5.74) is -2.55. The number of nitrogens with zero attached hydrogens (tertiary/aromatic N) is 2. The second-order valence-electron chi connectivity index (χ2n) is 8.38. The smallest absolute Gasteiger partial charge is 0.390 e. The molecule has 0 saturated heterocycles. The number of aliphatic hydroxyl groups is 1. The van der Waals surface area contributed by atoms with Crippen LogP contribution < -0.4 is 5.56 Å². The van der Waals surface area contributed by atoms with Crippen molar-refractivity contribution < 1.29 is 36.2 Å². The normalized spacial score (nSPS) is 12.8. The van der Waals surface area contributed by atoms with Crippen LogP contribution in [0.15, 0.2) is 35.1 Å². The Morgan fingerprint density at radius 2 is 1.64 bits per heavy atom. The maximum absolute atomic E-state index is 12.8. The number of carbonyl (C=O) groups excluding carboxylic acids is 1. The summed E-state index contributed by atoms with van der Waals surface area (Å²) in [5, 5.41) is 9.76. The lowest BCUT2D eigenvalue weighted by Gasteiger charge is -2.17. The van der Waals surface area contributed by atoms with E-state index in [0.29, 0.717) is 0 Å². The van der Waals surface area contributed by atoms with Gasteiger partial charge in [-0.25, -0.2) is 4.98 Å². The predicted octanol–water partition coefficient (Wildman–Crippen LogP) is 4.93. The first-order valence-electron chi connectivity index (χ1n) is 10.1. The molecule has 1 heterocycles. The molecule has 0 unspecified atom stereocenters. The monoisotopic (exact) mass is 478 g/mol. The summed E-state index contributed by atoms with van der Waals surface area (Å²) in [6.45, 7) is 2.58. The Morgan fingerprint density at radius 3 is 2.15 bits per heavy atom. The Hall–Kier alpha value is -2.69. The third-order valence-electron chi connectivity index (χ3n) is 4.81. The van der Waals surface area contributed by atoms with Crippen molar-refractivity contribution in [2.45, 2.75) is 70.4 Å². The number of rotatable bonds is 9. The van der Waals surface area contributed by atoms with E-state index in [9.17, 15) is 41.0 Å². The Balaban J connectivity index is 2.36. The number of ketones is 1. The van der Waals surface area contributed by atoms with Gasteiger partial charge in [0.1, 0.15) is 5.82 Å². The summed E-state index contributed by atoms with van der Waals surface area (Å²) in [4.78, 5) is 29.2. The Bertz CT molecular complexity index is 1020. The molecule has 0 spiro atoms. The van der Waals surface area contributed by atoms with Crippen molar-refractivity contribution in [3.63, 3.8) is 0 Å². The summed E-state index contributed by atoms with van der Waals surface area (Å²) in [5.74, 6) is -0.487. The van der Waals surface area contributed by atoms with Crippen molar-refractivity contribution in [2.75, 3.05) is 0 Å². The zero-order valence-electron chi connectivity index (χ0n) is 18.1. The van der Waals surface area contributed by atoms with Gasteiger partial charge < -0.3 is 5.11 Å². The van der Waals surface area contributed by atoms with Gasteiger partial charge >= 0.3 is 12.4 Å². The SMILES string of the molecule is CC(C)(O)CCC(=O)Cn1c(CCCC(F)(F)F)nc(-c2ccc(C(F)(F)F)cc2)cc1=O. The molecule has 1 aromatic heterocycles. The first kappa shape index (κ1) is 26.6. The molecule has 5 nitrogen and oxygen atoms in total. The average molecular weight is 478 g/mol. The number of hydrogen-bond donors (Lipinski definition) is 1. The van der Waals surface area contributed by atoms with Crippen LogP contribution in [0.2, 0.25) is 0 Å². The zero-order chi connectivity index (χ0) is 25.0. The highest BCUT2D eigenvalue weighted by Gasteiger charge is 2.30. The Morgan fingerprint density at radius 1 is 1.03 bits per heavy atom. The molecule has 0 aliphatic rings. The topological polar surface area (TPSA) is 72.2 Å². The van der Waals surface area contributed by atoms with E-state index < -0.39 is 47.8 Å². The van der Waals surface area contributed by atoms with E-state index in [1.165, 1.54) is 13.8 Å². The molecule has 0 aliphatic carbocycles. The standard InChI is InChI=1S/C22H24F6N2O3/c1-20(2,33)11-9-16(31)13-30-18(4-3-10-21(23,24)25)29-17(12-19(30)32)14-5-7-15(8-6-14)22(26,27)28/h5-8,12,33H,3-4,9-11,13H2,1-2H3. The lowest BCUT2D eigenvalue weighted by Crippen LogP contribution is -2.29. The number of halogens is 6. The molecule has 0 amide bonds. The van der Waals surface area contributed by atoms with Crippen LogP contribution in [0.1, 0.15) is 50.9 Å². The van der Waals surface area contributed by atoms with Crippen LogP contribution in [-0.4, -0.2) is 32.2 Å². The highest BCUT2D eigenvalue weighted by Crippen LogP contribution is 2.30. The van der Waals surface area contributed by atoms with Gasteiger partial charge in [-0.05, 0) is 38.8 Å². The van der Waals surface area contributed by atoms with Gasteiger partial charge in [-0.15, -0.1) is 0 Å². The fraction of sp³-hybridized carbons (Fsp3) is 0.500. The summed E-state index contributed by atoms with van der Waals surface area (Å²) >= 11 is 0. The largest absolute Gasteiger partial charge is 0.416 e. The fourth-order valence-corrected chi connectivity index (χ4v) is 3.04. The first-order chi connectivity index (χ1) is 15.0. The number of aromatic nitrogens is 2. The summed E-state index contributed by atoms with van der Waals surface area (Å²) in [6, 6.07) is 4.88. The minimum Gasteiger partial charge on any atom is -0.390 e. The molecule has 33 heavy (non-hydrogen) atoms. The van der Waals surface area contributed by atoms with Gasteiger partial charge in [0.05, 0.1) is 23.4 Å². The van der Waals surface area contributed by atoms with Crippen LogP contribution in [0.4, 0.5) is 26.3 Å². The molecule has 2 rings (SSSR count). The summed E-state index contributed by atoms with van der Waals surface area (Å²) in [7, 11) is 0. The van der Waals surface area contributed by atoms with E-state index in [1.54, 1.807) is 0 Å². The second-order valence-corrected chi connectivity index (χ2v) is 8.38. The molecule has 0 fully saturated rings. The van der Waals surface area contributed by atoms with Crippen molar-refractivity contribution in [3.05, 3.63) is 52.1 Å². The molecule has 1 aromatic carbocycles. The highest BCUT2D eigenvalue weighted by molar-refractivity contribution is 5.78. The van der Waals surface area contributed by atoms with Crippen LogP contribution in [0.5, 0.6) is 0 Å². The molecule has 0 saturated carbocycles. The highest BCUT2D eigenvalue weighted by atomic mass is 19.4. The van der Waals surface area contributed by atoms with E-state index in [0.717, 1.165) is 34.9 Å². The lowest BCUT2D eigenvalue weighted by atomic mass is 10.0. The van der Waals surface area contributed by atoms with Crippen molar-refractivity contribution in [2.24, 2.45) is 0 Å². The summed E-state index contributed by atoms with van der Waals surface area (Å²) < 4.78 is 77.1. The lowest BCUT2D eigenvalue weighted by molar-refractivity contribution is -0.137. The molecular weight excluding hydrogens is 454 g/mol. The fourth-order valence-electron chi connectivity index (χ4n) is 3.04. The predicted molar refractivity (Wildman–Crippen MR) is 108 cm³/mol. The average Bonchev–Trinajstić information content (AvgIpc) is 2.66. The third kappa shape index (κ3) is 8.64. The minimum absolute atomic E-state index is 0.00377. The third-order valence-corrected chi connectivity index (χ3v) is 4.81. The van der Waals surface area contributed by atoms with Crippen molar-refractivity contribution in [1.29, 1.82) is 0 Å². The summed E-state index contributed by atoms with van der Waals surface area (Å²) in [6.07, 6.45) is -10.7. The van der Waals surface area contributed by atoms with Gasteiger partial charge in [0, 0.05) is 30.9 Å². The van der Waals surface area contributed by atoms with Crippen LogP contribution in [-0.2, 0) is 23.9 Å². The molecule has 0 atom stereocenters. The van der Waals surface area contributed by atoms with Crippen LogP contribution in [0.3, 0.4) is 0 Å². The maximum Gasteiger partial charge on any atom is 0.416 e. The van der Waals surface area contributed by atoms with E-state index in [2.05, 4.69) is 4.98 Å². The maximum atomic E-state index is 12.8. The number of alkyl halides is 6. The Labute approximate surface area is 186 Å². The van der Waals surface area contributed by atoms with E-state index in [4.69, 9.17) is 0 Å². The second kappa shape index (κ2) is 10.1. The van der Waals surface area contributed by atoms with E-state index >= 15 is 0 Å². The van der Waals surface area contributed by atoms with Crippen molar-refractivity contribution >= 4 is 5.78 Å². The Kier molecular flexibility index (Phi) is 8.10. The van der Waals surface area contributed by atoms with Crippen LogP contribution >= 0.6 is 0 Å². The van der Waals surface area contributed by atoms with Gasteiger partial charge in [-0.1, -0.05) is 12.1 Å². The van der Waals surface area contributed by atoms with Gasteiger partial charge in [0.25, 0.3) is 5.56 Å². The number of aryl methyl sites for hydroxylation is 1. The molecule has 1 N–H and O–H groups in total. The van der Waals surface area contributed by atoms with Gasteiger partial charge in [-0.3, -0.25) is 14.2 Å². The van der Waals surface area contributed by atoms with Gasteiger partial charge in [0.15, 0.2) is 5.78 Å². The number of Topliss-reactive ketones (excluding diaryl/α,β-unsaturated/α-hetero) is 1. The molecule has 0 aliphatic heterocycles. The van der Waals surface area contributed by atoms with E-state index in [-0.39, 0.29) is 42.8 Å². The quantitative estimate of drug-likeness (QED) is 0.519. The molecule has 2 aromatic rings. The number of benzene rings is 1. The molecule has 0 radical (unpaired) electrons. The minimum atomic E-state index is -4.55. The van der Waals surface area contributed by atoms with Crippen molar-refractivity contribution in [1.82, 2.24) is 9.55 Å². The molecule has 182 valence electrons. The van der Waals surface area contributed by atoms with E-state index in [1.807, 2.05) is 0 Å². The zero-order valence-corrected chi connectivity index (χ0v) is 18.1. The molecule has 11 heteroatoms. The van der Waals surface area contributed by atoms with Crippen LogP contribution in [0, 0.1) is 0 Å². The molecular formula is C22H24F6N2O3. The van der Waals surface area contributed by atoms with Crippen molar-refractivity contribution in [3.8, 4) is 11.3 Å². The molecule has 0 bridgehead atoms.